The van der Waals surface area contributed by atoms with Crippen LogP contribution in [-0.2, 0) is 0 Å². The average Bonchev–Trinajstić information content (AvgIpc) is 3.23. The molecule has 5 nitrogen and oxygen atoms in total. The summed E-state index contributed by atoms with van der Waals surface area (Å²) in [5.74, 6) is 0. The van der Waals surface area contributed by atoms with Crippen molar-refractivity contribution in [3.05, 3.63) is 53.8 Å². The van der Waals surface area contributed by atoms with Gasteiger partial charge in [-0.2, -0.15) is 15.0 Å². The van der Waals surface area contributed by atoms with Crippen LogP contribution < -0.4 is 0 Å². The van der Waals surface area contributed by atoms with E-state index in [0.717, 1.165) is 29.1 Å². The molecule has 5 rings (SSSR count). The number of aromatic nitrogens is 5. The van der Waals surface area contributed by atoms with Crippen LogP contribution in [0.4, 0.5) is 0 Å². The summed E-state index contributed by atoms with van der Waals surface area (Å²) in [5.41, 5.74) is 1.93. The summed E-state index contributed by atoms with van der Waals surface area (Å²) in [5, 5.41) is 1.22. The molecule has 0 N–H and O–H groups in total. The Morgan fingerprint density at radius 1 is 0.630 bits per heavy atom. The van der Waals surface area contributed by atoms with Gasteiger partial charge in [0.25, 0.3) is 0 Å². The zero-order valence-corrected chi connectivity index (χ0v) is 17.4. The Hall–Kier alpha value is -1.78. The number of para-hydroxylation sites is 2. The molecule has 0 fully saturated rings. The van der Waals surface area contributed by atoms with Gasteiger partial charge in [0.2, 0.25) is 5.28 Å². The number of thiazole rings is 2. The number of hydrogen-bond acceptors (Lipinski definition) is 9. The van der Waals surface area contributed by atoms with Crippen LogP contribution in [0.1, 0.15) is 0 Å². The van der Waals surface area contributed by atoms with Crippen molar-refractivity contribution < 1.29 is 0 Å². The Morgan fingerprint density at radius 3 is 1.59 bits per heavy atom. The van der Waals surface area contributed by atoms with Crippen molar-refractivity contribution in [3.8, 4) is 0 Å². The molecule has 0 aliphatic rings. The summed E-state index contributed by atoms with van der Waals surface area (Å²) in [6.07, 6.45) is 0. The number of fused-ring (bicyclic) bond motifs is 2. The highest BCUT2D eigenvalue weighted by molar-refractivity contribution is 8.01. The van der Waals surface area contributed by atoms with Gasteiger partial charge in [0.1, 0.15) is 0 Å². The van der Waals surface area contributed by atoms with Crippen molar-refractivity contribution in [3.63, 3.8) is 0 Å². The van der Waals surface area contributed by atoms with Gasteiger partial charge in [0, 0.05) is 0 Å². The Balaban J connectivity index is 1.43. The molecule has 0 amide bonds. The Morgan fingerprint density at radius 2 is 1.11 bits per heavy atom. The number of hydrogen-bond donors (Lipinski definition) is 0. The Bertz CT molecular complexity index is 1110. The molecule has 27 heavy (non-hydrogen) atoms. The summed E-state index contributed by atoms with van der Waals surface area (Å²) < 4.78 is 4.00. The number of halogens is 1. The summed E-state index contributed by atoms with van der Waals surface area (Å²) in [4.78, 5) is 22.2. The molecule has 132 valence electrons. The van der Waals surface area contributed by atoms with Crippen molar-refractivity contribution in [2.24, 2.45) is 0 Å². The summed E-state index contributed by atoms with van der Waals surface area (Å²) >= 11 is 12.1. The van der Waals surface area contributed by atoms with Gasteiger partial charge in [-0.3, -0.25) is 0 Å². The highest BCUT2D eigenvalue weighted by Crippen LogP contribution is 2.36. The lowest BCUT2D eigenvalue weighted by atomic mass is 10.3. The van der Waals surface area contributed by atoms with Gasteiger partial charge in [-0.15, -0.1) is 22.7 Å². The van der Waals surface area contributed by atoms with Gasteiger partial charge >= 0.3 is 0 Å². The highest BCUT2D eigenvalue weighted by Gasteiger charge is 2.13. The molecule has 0 bridgehead atoms. The fourth-order valence-electron chi connectivity index (χ4n) is 2.35. The van der Waals surface area contributed by atoms with Gasteiger partial charge in [0.05, 0.1) is 20.4 Å². The van der Waals surface area contributed by atoms with Crippen LogP contribution in [0, 0.1) is 0 Å². The maximum atomic E-state index is 6.12. The first-order chi connectivity index (χ1) is 13.2. The molecule has 0 saturated heterocycles. The molecular weight excluding hydrogens is 438 g/mol. The minimum absolute atomic E-state index is 0.164. The third-order valence-corrected chi connectivity index (χ3v) is 7.57. The lowest BCUT2D eigenvalue weighted by Gasteiger charge is -2.00. The molecule has 0 spiro atoms. The first-order valence-electron chi connectivity index (χ1n) is 7.71. The molecule has 10 heteroatoms. The fourth-order valence-corrected chi connectivity index (χ4v) is 6.51. The van der Waals surface area contributed by atoms with Gasteiger partial charge in [-0.05, 0) is 59.4 Å². The average molecular weight is 446 g/mol. The van der Waals surface area contributed by atoms with Crippen LogP contribution in [0.2, 0.25) is 5.28 Å². The van der Waals surface area contributed by atoms with Crippen molar-refractivity contribution in [1.29, 1.82) is 0 Å². The molecule has 0 atom stereocenters. The maximum Gasteiger partial charge on any atom is 0.227 e. The van der Waals surface area contributed by atoms with Crippen LogP contribution in [-0.4, -0.2) is 24.9 Å². The minimum atomic E-state index is 0.164. The first-order valence-corrected chi connectivity index (χ1v) is 11.4. The Labute approximate surface area is 175 Å². The lowest BCUT2D eigenvalue weighted by Crippen LogP contribution is -1.94. The number of benzene rings is 2. The number of nitrogens with zero attached hydrogens (tertiary/aromatic N) is 5. The van der Waals surface area contributed by atoms with Crippen LogP contribution in [0.3, 0.4) is 0 Å². The van der Waals surface area contributed by atoms with E-state index in [2.05, 4.69) is 24.9 Å². The smallest absolute Gasteiger partial charge is 0.227 e. The van der Waals surface area contributed by atoms with E-state index in [4.69, 9.17) is 11.6 Å². The van der Waals surface area contributed by atoms with Crippen LogP contribution >= 0.6 is 57.8 Å². The van der Waals surface area contributed by atoms with Gasteiger partial charge in [-0.1, -0.05) is 24.3 Å². The zero-order valence-electron chi connectivity index (χ0n) is 13.4. The van der Waals surface area contributed by atoms with Crippen molar-refractivity contribution >= 4 is 78.2 Å². The van der Waals surface area contributed by atoms with Crippen LogP contribution in [0.15, 0.2) is 67.5 Å². The molecule has 0 saturated carbocycles. The largest absolute Gasteiger partial charge is 0.229 e. The van der Waals surface area contributed by atoms with E-state index < -0.39 is 0 Å². The number of rotatable bonds is 4. The topological polar surface area (TPSA) is 64.5 Å². The van der Waals surface area contributed by atoms with Gasteiger partial charge in [-0.25, -0.2) is 9.97 Å². The fraction of sp³-hybridized carbons (Fsp3) is 0. The summed E-state index contributed by atoms with van der Waals surface area (Å²) in [6, 6.07) is 16.0. The summed E-state index contributed by atoms with van der Waals surface area (Å²) in [7, 11) is 0. The van der Waals surface area contributed by atoms with E-state index in [-0.39, 0.29) is 5.28 Å². The molecule has 0 unspecified atom stereocenters. The molecular formula is C17H8ClN5S4. The van der Waals surface area contributed by atoms with E-state index in [9.17, 15) is 0 Å². The maximum absolute atomic E-state index is 6.12. The first kappa shape index (κ1) is 17.3. The van der Waals surface area contributed by atoms with Crippen LogP contribution in [0.25, 0.3) is 20.4 Å². The van der Waals surface area contributed by atoms with E-state index in [1.807, 2.05) is 48.5 Å². The van der Waals surface area contributed by atoms with Crippen molar-refractivity contribution in [2.75, 3.05) is 0 Å². The predicted octanol–water partition coefficient (Wildman–Crippen LogP) is 6.05. The van der Waals surface area contributed by atoms with E-state index in [1.54, 1.807) is 22.7 Å². The van der Waals surface area contributed by atoms with Crippen LogP contribution in [0.5, 0.6) is 0 Å². The second-order valence-electron chi connectivity index (χ2n) is 5.27. The van der Waals surface area contributed by atoms with Gasteiger partial charge in [0.15, 0.2) is 19.0 Å². The SMILES string of the molecule is Clc1nc(Sc2nc3ccccc3s2)nc(Sc2nc3ccccc3s2)n1. The lowest BCUT2D eigenvalue weighted by molar-refractivity contribution is 0.801. The predicted molar refractivity (Wildman–Crippen MR) is 112 cm³/mol. The quantitative estimate of drug-likeness (QED) is 0.333. The van der Waals surface area contributed by atoms with E-state index in [0.29, 0.717) is 10.3 Å². The van der Waals surface area contributed by atoms with Gasteiger partial charge < -0.3 is 0 Å². The molecule has 3 aromatic heterocycles. The van der Waals surface area contributed by atoms with E-state index in [1.165, 1.54) is 23.5 Å². The Kier molecular flexibility index (Phi) is 4.70. The normalized spacial score (nSPS) is 11.4. The molecule has 0 aliphatic carbocycles. The zero-order chi connectivity index (χ0) is 18.2. The second kappa shape index (κ2) is 7.33. The third-order valence-electron chi connectivity index (χ3n) is 3.47. The monoisotopic (exact) mass is 445 g/mol. The molecule has 2 aromatic carbocycles. The van der Waals surface area contributed by atoms with Crippen molar-refractivity contribution in [1.82, 2.24) is 24.9 Å². The molecule has 0 radical (unpaired) electrons. The highest BCUT2D eigenvalue weighted by atomic mass is 35.5. The van der Waals surface area contributed by atoms with E-state index >= 15 is 0 Å². The minimum Gasteiger partial charge on any atom is -0.229 e. The van der Waals surface area contributed by atoms with Crippen molar-refractivity contribution in [2.45, 2.75) is 19.0 Å². The second-order valence-corrected chi connectivity index (χ2v) is 10.1. The molecule has 3 heterocycles. The molecule has 5 aromatic rings. The summed E-state index contributed by atoms with van der Waals surface area (Å²) in [6.45, 7) is 0. The third kappa shape index (κ3) is 3.78. The standard InChI is InChI=1S/C17H8ClN5S4/c18-13-21-14(26-16-19-9-5-1-3-7-11(9)24-16)23-15(22-13)27-17-20-10-6-2-4-8-12(10)25-17/h1-8H. The molecule has 0 aliphatic heterocycles.